The van der Waals surface area contributed by atoms with Gasteiger partial charge < -0.3 is 9.84 Å². The van der Waals surface area contributed by atoms with Crippen LogP contribution in [0.25, 0.3) is 0 Å². The van der Waals surface area contributed by atoms with E-state index in [4.69, 9.17) is 4.74 Å². The van der Waals surface area contributed by atoms with E-state index in [-0.39, 0.29) is 12.1 Å². The first kappa shape index (κ1) is 15.4. The van der Waals surface area contributed by atoms with Crippen molar-refractivity contribution in [1.82, 2.24) is 4.90 Å². The Bertz CT molecular complexity index is 432. The zero-order valence-corrected chi connectivity index (χ0v) is 11.5. The van der Waals surface area contributed by atoms with Crippen molar-refractivity contribution in [2.45, 2.75) is 32.4 Å². The molecular weight excluding hydrogens is 249 g/mol. The van der Waals surface area contributed by atoms with Crippen molar-refractivity contribution in [2.75, 3.05) is 13.7 Å². The Labute approximate surface area is 112 Å². The van der Waals surface area contributed by atoms with Gasteiger partial charge in [-0.25, -0.2) is 9.18 Å². The highest BCUT2D eigenvalue weighted by Gasteiger charge is 2.41. The Hall–Kier alpha value is -1.62. The lowest BCUT2D eigenvalue weighted by atomic mass is 9.97. The number of ether oxygens (including phenoxy) is 1. The second-order valence-corrected chi connectivity index (χ2v) is 4.26. The van der Waals surface area contributed by atoms with Crippen LogP contribution >= 0.6 is 0 Å². The zero-order chi connectivity index (χ0) is 14.5. The molecule has 1 rings (SSSR count). The van der Waals surface area contributed by atoms with Gasteiger partial charge in [0.2, 0.25) is 0 Å². The van der Waals surface area contributed by atoms with Gasteiger partial charge in [0.1, 0.15) is 5.82 Å². The van der Waals surface area contributed by atoms with Crippen LogP contribution in [0.5, 0.6) is 0 Å². The fourth-order valence-electron chi connectivity index (χ4n) is 2.32. The second kappa shape index (κ2) is 6.52. The summed E-state index contributed by atoms with van der Waals surface area (Å²) in [4.78, 5) is 12.6. The molecule has 0 unspecified atom stereocenters. The molecule has 0 aliphatic heterocycles. The molecule has 1 aromatic carbocycles. The number of hydrogen-bond donors (Lipinski definition) is 1. The van der Waals surface area contributed by atoms with Crippen LogP contribution in [0.1, 0.15) is 32.3 Å². The van der Waals surface area contributed by atoms with E-state index in [1.807, 2.05) is 6.92 Å². The number of rotatable bonds is 6. The largest absolute Gasteiger partial charge is 0.465 e. The SMILES string of the molecule is CCCN(C(=O)O)[C@](CC)(OC)c1ccccc1F. The Morgan fingerprint density at radius 3 is 2.47 bits per heavy atom. The Kier molecular flexibility index (Phi) is 5.30. The van der Waals surface area contributed by atoms with E-state index in [9.17, 15) is 14.3 Å². The van der Waals surface area contributed by atoms with E-state index in [2.05, 4.69) is 0 Å². The number of hydrogen-bond acceptors (Lipinski definition) is 2. The number of carboxylic acid groups (broad SMARTS) is 1. The molecule has 5 heteroatoms. The van der Waals surface area contributed by atoms with Gasteiger partial charge in [0, 0.05) is 19.2 Å². The van der Waals surface area contributed by atoms with Gasteiger partial charge in [-0.1, -0.05) is 32.0 Å². The van der Waals surface area contributed by atoms with Crippen LogP contribution in [0.15, 0.2) is 24.3 Å². The minimum absolute atomic E-state index is 0.246. The maximum atomic E-state index is 14.0. The Balaban J connectivity index is 3.37. The van der Waals surface area contributed by atoms with Gasteiger partial charge in [-0.15, -0.1) is 0 Å². The number of halogens is 1. The van der Waals surface area contributed by atoms with Gasteiger partial charge in [0.05, 0.1) is 0 Å². The lowest BCUT2D eigenvalue weighted by Gasteiger charge is -2.41. The molecule has 0 aliphatic rings. The molecule has 1 amide bonds. The van der Waals surface area contributed by atoms with Gasteiger partial charge >= 0.3 is 6.09 Å². The van der Waals surface area contributed by atoms with E-state index in [1.165, 1.54) is 13.2 Å². The Morgan fingerprint density at radius 2 is 2.05 bits per heavy atom. The van der Waals surface area contributed by atoms with Crippen molar-refractivity contribution in [3.63, 3.8) is 0 Å². The highest BCUT2D eigenvalue weighted by atomic mass is 19.1. The van der Waals surface area contributed by atoms with Gasteiger partial charge in [0.25, 0.3) is 0 Å². The molecule has 0 saturated carbocycles. The first-order valence-corrected chi connectivity index (χ1v) is 6.34. The molecule has 0 heterocycles. The molecular formula is C14H20FNO3. The molecule has 0 aliphatic carbocycles. The van der Waals surface area contributed by atoms with Gasteiger partial charge in [-0.05, 0) is 18.9 Å². The third kappa shape index (κ3) is 2.87. The predicted molar refractivity (Wildman–Crippen MR) is 70.4 cm³/mol. The van der Waals surface area contributed by atoms with Crippen LogP contribution < -0.4 is 0 Å². The van der Waals surface area contributed by atoms with Crippen molar-refractivity contribution in [1.29, 1.82) is 0 Å². The topological polar surface area (TPSA) is 49.8 Å². The van der Waals surface area contributed by atoms with Crippen molar-refractivity contribution in [2.24, 2.45) is 0 Å². The smallest absolute Gasteiger partial charge is 0.409 e. The predicted octanol–water partition coefficient (Wildman–Crippen LogP) is 3.42. The second-order valence-electron chi connectivity index (χ2n) is 4.26. The third-order valence-corrected chi connectivity index (χ3v) is 3.23. The van der Waals surface area contributed by atoms with E-state index < -0.39 is 17.6 Å². The van der Waals surface area contributed by atoms with Crippen molar-refractivity contribution in [3.05, 3.63) is 35.6 Å². The number of amides is 1. The van der Waals surface area contributed by atoms with Crippen LogP contribution in [0.4, 0.5) is 9.18 Å². The minimum Gasteiger partial charge on any atom is -0.465 e. The normalized spacial score (nSPS) is 13.9. The molecule has 106 valence electrons. The van der Waals surface area contributed by atoms with E-state index in [0.717, 1.165) is 4.90 Å². The summed E-state index contributed by atoms with van der Waals surface area (Å²) >= 11 is 0. The summed E-state index contributed by atoms with van der Waals surface area (Å²) in [6, 6.07) is 6.12. The molecule has 4 nitrogen and oxygen atoms in total. The first-order chi connectivity index (χ1) is 9.03. The molecule has 0 aromatic heterocycles. The molecule has 1 aromatic rings. The van der Waals surface area contributed by atoms with E-state index >= 15 is 0 Å². The van der Waals surface area contributed by atoms with Crippen molar-refractivity contribution in [3.8, 4) is 0 Å². The summed E-state index contributed by atoms with van der Waals surface area (Å²) in [6.45, 7) is 3.93. The van der Waals surface area contributed by atoms with Crippen LogP contribution in [0.2, 0.25) is 0 Å². The van der Waals surface area contributed by atoms with Crippen LogP contribution in [-0.4, -0.2) is 29.8 Å². The first-order valence-electron chi connectivity index (χ1n) is 6.34. The molecule has 19 heavy (non-hydrogen) atoms. The van der Waals surface area contributed by atoms with Crippen LogP contribution in [-0.2, 0) is 10.5 Å². The fraction of sp³-hybridized carbons (Fsp3) is 0.500. The maximum Gasteiger partial charge on any atom is 0.409 e. The summed E-state index contributed by atoms with van der Waals surface area (Å²) in [6.07, 6.45) is -0.156. The lowest BCUT2D eigenvalue weighted by molar-refractivity contribution is -0.132. The molecule has 1 N–H and O–H groups in total. The molecule has 0 saturated heterocycles. The summed E-state index contributed by atoms with van der Waals surface area (Å²) < 4.78 is 19.5. The molecule has 0 bridgehead atoms. The van der Waals surface area contributed by atoms with Crippen molar-refractivity contribution >= 4 is 6.09 Å². The third-order valence-electron chi connectivity index (χ3n) is 3.23. The minimum atomic E-state index is -1.28. The van der Waals surface area contributed by atoms with Crippen molar-refractivity contribution < 1.29 is 19.0 Å². The number of methoxy groups -OCH3 is 1. The van der Waals surface area contributed by atoms with Gasteiger partial charge in [-0.2, -0.15) is 0 Å². The lowest BCUT2D eigenvalue weighted by Crippen LogP contribution is -2.51. The maximum absolute atomic E-state index is 14.0. The number of nitrogens with zero attached hydrogens (tertiary/aromatic N) is 1. The summed E-state index contributed by atoms with van der Waals surface area (Å²) in [5, 5.41) is 9.38. The monoisotopic (exact) mass is 269 g/mol. The quantitative estimate of drug-likeness (QED) is 0.805. The molecule has 0 spiro atoms. The average Bonchev–Trinajstić information content (AvgIpc) is 2.41. The molecule has 0 radical (unpaired) electrons. The summed E-state index contributed by atoms with van der Waals surface area (Å²) in [7, 11) is 1.40. The summed E-state index contributed by atoms with van der Waals surface area (Å²) in [5.74, 6) is -0.464. The van der Waals surface area contributed by atoms with Crippen LogP contribution in [0.3, 0.4) is 0 Å². The van der Waals surface area contributed by atoms with Gasteiger partial charge in [0.15, 0.2) is 5.72 Å². The standard InChI is InChI=1S/C14H20FNO3/c1-4-10-16(13(17)18)14(5-2,19-3)11-8-6-7-9-12(11)15/h6-9H,4-5,10H2,1-3H3,(H,17,18)/t14-/m1/s1. The highest BCUT2D eigenvalue weighted by Crippen LogP contribution is 2.35. The highest BCUT2D eigenvalue weighted by molar-refractivity contribution is 5.66. The van der Waals surface area contributed by atoms with E-state index in [0.29, 0.717) is 12.8 Å². The average molecular weight is 269 g/mol. The fourth-order valence-corrected chi connectivity index (χ4v) is 2.32. The number of benzene rings is 1. The Morgan fingerprint density at radius 1 is 1.42 bits per heavy atom. The van der Waals surface area contributed by atoms with Crippen LogP contribution in [0, 0.1) is 5.82 Å². The van der Waals surface area contributed by atoms with Gasteiger partial charge in [-0.3, -0.25) is 4.90 Å². The summed E-state index contributed by atoms with van der Waals surface area (Å²) in [5.41, 5.74) is -1.04. The zero-order valence-electron chi connectivity index (χ0n) is 11.5. The number of carbonyl (C=O) groups is 1. The van der Waals surface area contributed by atoms with E-state index in [1.54, 1.807) is 25.1 Å². The molecule has 0 fully saturated rings. The molecule has 1 atom stereocenters.